The summed E-state index contributed by atoms with van der Waals surface area (Å²) < 4.78 is 13.9. The molecule has 1 rings (SSSR count). The first-order valence-corrected chi connectivity index (χ1v) is 6.24. The van der Waals surface area contributed by atoms with E-state index in [1.54, 1.807) is 19.2 Å². The van der Waals surface area contributed by atoms with Crippen LogP contribution in [-0.2, 0) is 0 Å². The molecule has 1 aromatic rings. The van der Waals surface area contributed by atoms with E-state index in [1.807, 2.05) is 0 Å². The Balaban J connectivity index is 3.00. The normalized spacial score (nSPS) is 10.1. The minimum absolute atomic E-state index is 0.0842. The van der Waals surface area contributed by atoms with Gasteiger partial charge in [0.1, 0.15) is 5.82 Å². The first-order valence-electron chi connectivity index (χ1n) is 4.33. The second-order valence-corrected chi connectivity index (χ2v) is 4.66. The smallest absolute Gasteiger partial charge is 0.257 e. The van der Waals surface area contributed by atoms with Crippen LogP contribution in [0.1, 0.15) is 10.4 Å². The van der Waals surface area contributed by atoms with Crippen LogP contribution in [0.15, 0.2) is 22.7 Å². The number of halogens is 3. The van der Waals surface area contributed by atoms with Crippen LogP contribution in [-0.4, -0.2) is 29.7 Å². The van der Waals surface area contributed by atoms with Crippen LogP contribution in [0, 0.1) is 5.82 Å². The number of benzene rings is 1. The molecule has 0 radical (unpaired) electrons. The van der Waals surface area contributed by atoms with Crippen molar-refractivity contribution in [1.29, 1.82) is 0 Å². The standard InChI is InChI=1S/C10H10Br2FNO/c1-14(6-5-11)10(15)9-7(12)3-2-4-8(9)13/h2-4H,5-6H2,1H3. The molecule has 0 aliphatic heterocycles. The molecule has 15 heavy (non-hydrogen) atoms. The van der Waals surface area contributed by atoms with Crippen LogP contribution in [0.2, 0.25) is 0 Å². The molecule has 0 N–H and O–H groups in total. The lowest BCUT2D eigenvalue weighted by Crippen LogP contribution is -2.29. The molecular weight excluding hydrogens is 329 g/mol. The van der Waals surface area contributed by atoms with Gasteiger partial charge in [-0.05, 0) is 28.1 Å². The van der Waals surface area contributed by atoms with Gasteiger partial charge in [0.15, 0.2) is 0 Å². The minimum Gasteiger partial charge on any atom is -0.341 e. The molecule has 0 aliphatic rings. The SMILES string of the molecule is CN(CCBr)C(=O)c1c(F)cccc1Br. The largest absolute Gasteiger partial charge is 0.341 e. The number of amides is 1. The van der Waals surface area contributed by atoms with E-state index < -0.39 is 5.82 Å². The number of carbonyl (C=O) groups excluding carboxylic acids is 1. The highest BCUT2D eigenvalue weighted by Gasteiger charge is 2.18. The number of alkyl halides is 1. The zero-order valence-corrected chi connectivity index (χ0v) is 11.3. The molecule has 0 bridgehead atoms. The van der Waals surface area contributed by atoms with Crippen molar-refractivity contribution in [2.24, 2.45) is 0 Å². The summed E-state index contributed by atoms with van der Waals surface area (Å²) in [5, 5.41) is 0.668. The van der Waals surface area contributed by atoms with Crippen molar-refractivity contribution >= 4 is 37.8 Å². The number of carbonyl (C=O) groups is 1. The summed E-state index contributed by atoms with van der Waals surface area (Å²) >= 11 is 6.40. The van der Waals surface area contributed by atoms with Gasteiger partial charge in [0.05, 0.1) is 5.56 Å². The van der Waals surface area contributed by atoms with E-state index in [4.69, 9.17) is 0 Å². The fourth-order valence-electron chi connectivity index (χ4n) is 1.12. The van der Waals surface area contributed by atoms with Gasteiger partial charge in [-0.3, -0.25) is 4.79 Å². The quantitative estimate of drug-likeness (QED) is 0.776. The van der Waals surface area contributed by atoms with E-state index in [0.717, 1.165) is 0 Å². The third kappa shape index (κ3) is 3.01. The molecule has 0 atom stereocenters. The van der Waals surface area contributed by atoms with Crippen LogP contribution in [0.4, 0.5) is 4.39 Å². The summed E-state index contributed by atoms with van der Waals surface area (Å²) in [5.74, 6) is -0.824. The van der Waals surface area contributed by atoms with E-state index in [9.17, 15) is 9.18 Å². The molecule has 0 saturated heterocycles. The Labute approximate surface area is 105 Å². The van der Waals surface area contributed by atoms with Crippen LogP contribution in [0.3, 0.4) is 0 Å². The van der Waals surface area contributed by atoms with E-state index in [-0.39, 0.29) is 11.5 Å². The maximum absolute atomic E-state index is 13.4. The Morgan fingerprint density at radius 1 is 1.53 bits per heavy atom. The molecule has 0 fully saturated rings. The summed E-state index contributed by atoms with van der Waals surface area (Å²) in [6.45, 7) is 0.541. The lowest BCUT2D eigenvalue weighted by atomic mass is 10.2. The number of nitrogens with zero attached hydrogens (tertiary/aromatic N) is 1. The third-order valence-corrected chi connectivity index (χ3v) is 2.96. The molecule has 0 heterocycles. The van der Waals surface area contributed by atoms with Gasteiger partial charge >= 0.3 is 0 Å². The predicted octanol–water partition coefficient (Wildman–Crippen LogP) is 3.06. The maximum atomic E-state index is 13.4. The topological polar surface area (TPSA) is 20.3 Å². The Bertz CT molecular complexity index is 350. The van der Waals surface area contributed by atoms with Crippen LogP contribution < -0.4 is 0 Å². The van der Waals surface area contributed by atoms with Crippen molar-refractivity contribution in [3.8, 4) is 0 Å². The predicted molar refractivity (Wildman–Crippen MR) is 64.9 cm³/mol. The average molecular weight is 339 g/mol. The first kappa shape index (κ1) is 12.6. The van der Waals surface area contributed by atoms with Crippen molar-refractivity contribution in [2.75, 3.05) is 18.9 Å². The number of rotatable bonds is 3. The van der Waals surface area contributed by atoms with E-state index in [1.165, 1.54) is 11.0 Å². The molecule has 0 aromatic heterocycles. The third-order valence-electron chi connectivity index (χ3n) is 1.94. The monoisotopic (exact) mass is 337 g/mol. The zero-order valence-electron chi connectivity index (χ0n) is 8.14. The summed E-state index contributed by atoms with van der Waals surface area (Å²) in [4.78, 5) is 13.3. The molecule has 0 aliphatic carbocycles. The second-order valence-electron chi connectivity index (χ2n) is 3.01. The van der Waals surface area contributed by atoms with Crippen molar-refractivity contribution in [2.45, 2.75) is 0 Å². The van der Waals surface area contributed by atoms with Crippen LogP contribution in [0.25, 0.3) is 0 Å². The summed E-state index contributed by atoms with van der Waals surface area (Å²) in [6, 6.07) is 4.49. The van der Waals surface area contributed by atoms with Gasteiger partial charge in [-0.25, -0.2) is 4.39 Å². The van der Waals surface area contributed by atoms with E-state index in [2.05, 4.69) is 31.9 Å². The van der Waals surface area contributed by atoms with Gasteiger partial charge < -0.3 is 4.90 Å². The Kier molecular flexibility index (Phi) is 4.73. The molecule has 82 valence electrons. The Morgan fingerprint density at radius 3 is 2.73 bits per heavy atom. The van der Waals surface area contributed by atoms with Crippen molar-refractivity contribution in [3.05, 3.63) is 34.1 Å². The molecule has 0 spiro atoms. The number of hydrogen-bond acceptors (Lipinski definition) is 1. The highest BCUT2D eigenvalue weighted by Crippen LogP contribution is 2.20. The maximum Gasteiger partial charge on any atom is 0.257 e. The van der Waals surface area contributed by atoms with Crippen molar-refractivity contribution < 1.29 is 9.18 Å². The van der Waals surface area contributed by atoms with Crippen LogP contribution >= 0.6 is 31.9 Å². The second kappa shape index (κ2) is 5.61. The Hall–Kier alpha value is -0.420. The Morgan fingerprint density at radius 2 is 2.20 bits per heavy atom. The molecule has 1 amide bonds. The fraction of sp³-hybridized carbons (Fsp3) is 0.300. The van der Waals surface area contributed by atoms with Gasteiger partial charge in [-0.15, -0.1) is 0 Å². The summed E-state index contributed by atoms with van der Waals surface area (Å²) in [7, 11) is 1.64. The van der Waals surface area contributed by atoms with Crippen molar-refractivity contribution in [1.82, 2.24) is 4.90 Å². The lowest BCUT2D eigenvalue weighted by molar-refractivity contribution is 0.0798. The van der Waals surface area contributed by atoms with Crippen LogP contribution in [0.5, 0.6) is 0 Å². The van der Waals surface area contributed by atoms with Crippen molar-refractivity contribution in [3.63, 3.8) is 0 Å². The molecular formula is C10H10Br2FNO. The minimum atomic E-state index is -0.504. The highest BCUT2D eigenvalue weighted by molar-refractivity contribution is 9.10. The van der Waals surface area contributed by atoms with Gasteiger partial charge in [0.2, 0.25) is 0 Å². The molecule has 2 nitrogen and oxygen atoms in total. The highest BCUT2D eigenvalue weighted by atomic mass is 79.9. The molecule has 0 saturated carbocycles. The van der Waals surface area contributed by atoms with Gasteiger partial charge in [-0.1, -0.05) is 22.0 Å². The molecule has 0 unspecified atom stereocenters. The lowest BCUT2D eigenvalue weighted by Gasteiger charge is -2.16. The summed E-state index contributed by atoms with van der Waals surface area (Å²) in [5.41, 5.74) is 0.0842. The molecule has 5 heteroatoms. The fourth-order valence-corrected chi connectivity index (χ4v) is 2.16. The average Bonchev–Trinajstić information content (AvgIpc) is 2.17. The van der Waals surface area contributed by atoms with Gasteiger partial charge in [0.25, 0.3) is 5.91 Å². The molecule has 1 aromatic carbocycles. The van der Waals surface area contributed by atoms with Gasteiger partial charge in [-0.2, -0.15) is 0 Å². The zero-order chi connectivity index (χ0) is 11.4. The first-order chi connectivity index (χ1) is 7.07. The van der Waals surface area contributed by atoms with E-state index >= 15 is 0 Å². The van der Waals surface area contributed by atoms with Gasteiger partial charge in [0, 0.05) is 23.4 Å². The van der Waals surface area contributed by atoms with E-state index in [0.29, 0.717) is 16.3 Å². The number of hydrogen-bond donors (Lipinski definition) is 0. The summed E-state index contributed by atoms with van der Waals surface area (Å²) in [6.07, 6.45) is 0.